The Morgan fingerprint density at radius 2 is 1.90 bits per heavy atom. The van der Waals surface area contributed by atoms with Crippen LogP contribution in [0.1, 0.15) is 42.8 Å². The van der Waals surface area contributed by atoms with Gasteiger partial charge in [-0.3, -0.25) is 0 Å². The molecular weight excluding hydrogens is 386 g/mol. The number of carboxylic acid groups (broad SMARTS) is 1. The molecule has 0 bridgehead atoms. The number of hydrogen-bond acceptors (Lipinski definition) is 6. The van der Waals surface area contributed by atoms with Gasteiger partial charge in [0.1, 0.15) is 11.5 Å². The van der Waals surface area contributed by atoms with Crippen LogP contribution in [0.3, 0.4) is 0 Å². The van der Waals surface area contributed by atoms with E-state index in [1.54, 1.807) is 7.11 Å². The van der Waals surface area contributed by atoms with Gasteiger partial charge in [-0.05, 0) is 52.3 Å². The zero-order valence-corrected chi connectivity index (χ0v) is 19.0. The van der Waals surface area contributed by atoms with Gasteiger partial charge in [-0.25, -0.2) is 4.79 Å². The lowest BCUT2D eigenvalue weighted by molar-refractivity contribution is 0.194. The van der Waals surface area contributed by atoms with E-state index < -0.39 is 6.09 Å². The van der Waals surface area contributed by atoms with Crippen LogP contribution in [0.15, 0.2) is 28.8 Å². The number of aliphatic hydroxyl groups excluding tert-OH is 1. The van der Waals surface area contributed by atoms with Gasteiger partial charge in [0.2, 0.25) is 0 Å². The van der Waals surface area contributed by atoms with Crippen LogP contribution < -0.4 is 15.4 Å². The summed E-state index contributed by atoms with van der Waals surface area (Å²) < 4.78 is 9.90. The second-order valence-corrected chi connectivity index (χ2v) is 6.45. The zero-order valence-electron chi connectivity index (χ0n) is 19.0. The number of methoxy groups -OCH3 is 1. The molecule has 8 nitrogen and oxygen atoms in total. The molecule has 1 atom stereocenters. The Kier molecular flexibility index (Phi) is 14.8. The highest BCUT2D eigenvalue weighted by molar-refractivity contribution is 5.64. The molecule has 2 aromatic rings. The van der Waals surface area contributed by atoms with Gasteiger partial charge >= 0.3 is 6.09 Å². The molecular formula is C22H37N3O5. The Morgan fingerprint density at radius 1 is 1.27 bits per heavy atom. The first-order valence-electron chi connectivity index (χ1n) is 10.2. The minimum Gasteiger partial charge on any atom is -0.497 e. The first kappa shape index (κ1) is 27.4. The van der Waals surface area contributed by atoms with E-state index >= 15 is 0 Å². The quantitative estimate of drug-likeness (QED) is 0.595. The fraction of sp³-hybridized carbons (Fsp3) is 0.545. The van der Waals surface area contributed by atoms with Crippen molar-refractivity contribution in [3.05, 3.63) is 46.8 Å². The molecule has 1 amide bonds. The lowest BCUT2D eigenvalue weighted by Gasteiger charge is -1.99. The molecule has 0 saturated carbocycles. The van der Waals surface area contributed by atoms with Crippen molar-refractivity contribution in [2.45, 2.75) is 53.6 Å². The number of rotatable bonds is 4. The molecule has 1 fully saturated rings. The Hall–Kier alpha value is -2.58. The monoisotopic (exact) mass is 423 g/mol. The molecule has 4 N–H and O–H groups in total. The number of aryl methyl sites for hydroxylation is 3. The summed E-state index contributed by atoms with van der Waals surface area (Å²) >= 11 is 0. The van der Waals surface area contributed by atoms with Gasteiger partial charge in [0.05, 0.1) is 18.9 Å². The molecule has 30 heavy (non-hydrogen) atoms. The minimum atomic E-state index is -1.01. The smallest absolute Gasteiger partial charge is 0.404 e. The van der Waals surface area contributed by atoms with E-state index in [9.17, 15) is 4.79 Å². The van der Waals surface area contributed by atoms with E-state index in [4.69, 9.17) is 19.5 Å². The average Bonchev–Trinajstić information content (AvgIpc) is 3.34. The summed E-state index contributed by atoms with van der Waals surface area (Å²) in [6.07, 6.45) is 0.477. The van der Waals surface area contributed by atoms with Crippen LogP contribution >= 0.6 is 0 Å². The van der Waals surface area contributed by atoms with E-state index in [1.165, 1.54) is 5.56 Å². The summed E-state index contributed by atoms with van der Waals surface area (Å²) in [5.74, 6) is 1.67. The normalized spacial score (nSPS) is 14.2. The molecule has 1 aromatic heterocycles. The molecule has 8 heteroatoms. The number of nitrogens with one attached hydrogen (secondary N) is 2. The van der Waals surface area contributed by atoms with Crippen molar-refractivity contribution in [2.24, 2.45) is 0 Å². The van der Waals surface area contributed by atoms with Gasteiger partial charge in [0.15, 0.2) is 0 Å². The maximum atomic E-state index is 10.1. The van der Waals surface area contributed by atoms with Gasteiger partial charge in [0.25, 0.3) is 0 Å². The van der Waals surface area contributed by atoms with Crippen LogP contribution in [0.5, 0.6) is 5.75 Å². The van der Waals surface area contributed by atoms with E-state index in [0.29, 0.717) is 13.0 Å². The maximum absolute atomic E-state index is 10.1. The number of hydrogen-bond donors (Lipinski definition) is 4. The number of aromatic nitrogens is 1. The molecule has 0 aliphatic carbocycles. The molecule has 170 valence electrons. The van der Waals surface area contributed by atoms with Crippen molar-refractivity contribution < 1.29 is 24.3 Å². The van der Waals surface area contributed by atoms with Gasteiger partial charge in [-0.2, -0.15) is 0 Å². The fourth-order valence-electron chi connectivity index (χ4n) is 2.47. The predicted molar refractivity (Wildman–Crippen MR) is 118 cm³/mol. The summed E-state index contributed by atoms with van der Waals surface area (Å²) in [6.45, 7) is 11.9. The molecule has 2 heterocycles. The average molecular weight is 424 g/mol. The third-order valence-corrected chi connectivity index (χ3v) is 4.12. The molecule has 1 unspecified atom stereocenters. The standard InChI is InChI=1S/C8H12N2O3.C8H10O.C4H9NO.C2H6/c1-5-7(6(2)13-10-5)3-4-9-8(11)12;1-7-3-5-8(9-2)6-4-7;6-4-1-2-5-3-4;1-2/h9H,3-4H2,1-2H3,(H,11,12);3-6H,1-2H3;4-6H,1-3H2;1-2H3. The first-order valence-corrected chi connectivity index (χ1v) is 10.2. The van der Waals surface area contributed by atoms with E-state index in [2.05, 4.69) is 22.7 Å². The molecule has 1 aliphatic heterocycles. The lowest BCUT2D eigenvalue weighted by Crippen LogP contribution is -2.23. The third kappa shape index (κ3) is 12.1. The SMILES string of the molecule is CC.COc1ccc(C)cc1.Cc1noc(C)c1CCNC(=O)O.OC1CCNC1. The van der Waals surface area contributed by atoms with Crippen molar-refractivity contribution in [3.8, 4) is 5.75 Å². The number of β-amino-alcohol motifs (C(OH)–C–C–N with tert-alkyl or cyclic N) is 1. The number of nitrogens with zero attached hydrogens (tertiary/aromatic N) is 1. The van der Waals surface area contributed by atoms with Crippen molar-refractivity contribution in [1.82, 2.24) is 15.8 Å². The van der Waals surface area contributed by atoms with Gasteiger partial charge in [-0.1, -0.05) is 36.7 Å². The van der Waals surface area contributed by atoms with Crippen molar-refractivity contribution in [3.63, 3.8) is 0 Å². The summed E-state index contributed by atoms with van der Waals surface area (Å²) in [4.78, 5) is 10.1. The van der Waals surface area contributed by atoms with E-state index in [0.717, 1.165) is 42.3 Å². The summed E-state index contributed by atoms with van der Waals surface area (Å²) in [5.41, 5.74) is 3.06. The molecule has 1 aromatic carbocycles. The van der Waals surface area contributed by atoms with Crippen molar-refractivity contribution >= 4 is 6.09 Å². The van der Waals surface area contributed by atoms with E-state index in [1.807, 2.05) is 52.0 Å². The molecule has 1 aliphatic rings. The van der Waals surface area contributed by atoms with Gasteiger partial charge in [0, 0.05) is 18.7 Å². The van der Waals surface area contributed by atoms with Gasteiger partial charge in [-0.15, -0.1) is 0 Å². The van der Waals surface area contributed by atoms with Crippen LogP contribution in [-0.2, 0) is 6.42 Å². The second-order valence-electron chi connectivity index (χ2n) is 6.45. The highest BCUT2D eigenvalue weighted by atomic mass is 16.5. The Bertz CT molecular complexity index is 676. The van der Waals surface area contributed by atoms with Crippen molar-refractivity contribution in [2.75, 3.05) is 26.7 Å². The minimum absolute atomic E-state index is 0.0648. The number of aliphatic hydroxyl groups is 1. The molecule has 0 spiro atoms. The molecule has 1 saturated heterocycles. The van der Waals surface area contributed by atoms with Crippen LogP contribution in [-0.4, -0.2) is 54.3 Å². The highest BCUT2D eigenvalue weighted by Crippen LogP contribution is 2.12. The second kappa shape index (κ2) is 16.2. The predicted octanol–water partition coefficient (Wildman–Crippen LogP) is 3.47. The number of ether oxygens (including phenoxy) is 1. The van der Waals surface area contributed by atoms with Crippen LogP contribution in [0.2, 0.25) is 0 Å². The topological polar surface area (TPSA) is 117 Å². The Labute approximate surface area is 179 Å². The third-order valence-electron chi connectivity index (χ3n) is 4.12. The number of benzene rings is 1. The Balaban J connectivity index is 0.000000429. The lowest BCUT2D eigenvalue weighted by atomic mass is 10.1. The highest BCUT2D eigenvalue weighted by Gasteiger charge is 2.08. The maximum Gasteiger partial charge on any atom is 0.404 e. The summed E-state index contributed by atoms with van der Waals surface area (Å²) in [7, 11) is 1.67. The van der Waals surface area contributed by atoms with Crippen LogP contribution in [0.4, 0.5) is 4.79 Å². The number of amides is 1. The van der Waals surface area contributed by atoms with Crippen molar-refractivity contribution in [1.29, 1.82) is 0 Å². The summed E-state index contributed by atoms with van der Waals surface area (Å²) in [5, 5.41) is 26.1. The largest absolute Gasteiger partial charge is 0.497 e. The zero-order chi connectivity index (χ0) is 22.9. The van der Waals surface area contributed by atoms with Crippen LogP contribution in [0, 0.1) is 20.8 Å². The van der Waals surface area contributed by atoms with Gasteiger partial charge < -0.3 is 30.1 Å². The Morgan fingerprint density at radius 3 is 2.27 bits per heavy atom. The fourth-order valence-corrected chi connectivity index (χ4v) is 2.47. The number of carbonyl (C=O) groups is 1. The molecule has 3 rings (SSSR count). The first-order chi connectivity index (χ1) is 14.3. The van der Waals surface area contributed by atoms with Crippen LogP contribution in [0.25, 0.3) is 0 Å². The summed E-state index contributed by atoms with van der Waals surface area (Å²) in [6, 6.07) is 7.96. The van der Waals surface area contributed by atoms with E-state index in [-0.39, 0.29) is 6.10 Å². The molecule has 0 radical (unpaired) electrons.